The average Bonchev–Trinajstić information content (AvgIpc) is 2.18. The number of rotatable bonds is 3. The van der Waals surface area contributed by atoms with E-state index in [0.29, 0.717) is 6.10 Å². The second-order valence-electron chi connectivity index (χ2n) is 5.58. The van der Waals surface area contributed by atoms with E-state index in [4.69, 9.17) is 9.47 Å². The molecule has 1 N–H and O–H groups in total. The van der Waals surface area contributed by atoms with Crippen LogP contribution in [-0.4, -0.2) is 30.4 Å². The van der Waals surface area contributed by atoms with Gasteiger partial charge in [0.05, 0.1) is 6.10 Å². The van der Waals surface area contributed by atoms with Gasteiger partial charge in [-0.25, -0.2) is 4.79 Å². The molecule has 1 amide bonds. The van der Waals surface area contributed by atoms with E-state index < -0.39 is 5.60 Å². The maximum absolute atomic E-state index is 11.6. The number of amides is 1. The predicted molar refractivity (Wildman–Crippen MR) is 67.0 cm³/mol. The third-order valence-corrected chi connectivity index (χ3v) is 2.80. The lowest BCUT2D eigenvalue weighted by Gasteiger charge is -2.29. The summed E-state index contributed by atoms with van der Waals surface area (Å²) < 4.78 is 10.8. The van der Waals surface area contributed by atoms with Crippen molar-refractivity contribution < 1.29 is 14.3 Å². The first-order valence-electron chi connectivity index (χ1n) is 6.52. The van der Waals surface area contributed by atoms with Crippen LogP contribution in [-0.2, 0) is 9.47 Å². The smallest absolute Gasteiger partial charge is 0.407 e. The number of carbonyl (C=O) groups excluding carboxylic acids is 1. The predicted octanol–water partition coefficient (Wildman–Crippen LogP) is 2.86. The summed E-state index contributed by atoms with van der Waals surface area (Å²) >= 11 is 0. The molecule has 0 saturated heterocycles. The molecule has 1 saturated carbocycles. The fourth-order valence-electron chi connectivity index (χ4n) is 2.08. The van der Waals surface area contributed by atoms with E-state index in [0.717, 1.165) is 32.3 Å². The molecule has 1 aliphatic rings. The second-order valence-corrected chi connectivity index (χ2v) is 5.58. The van der Waals surface area contributed by atoms with E-state index in [2.05, 4.69) is 5.32 Å². The van der Waals surface area contributed by atoms with Crippen molar-refractivity contribution >= 4 is 6.09 Å². The molecule has 0 unspecified atom stereocenters. The van der Waals surface area contributed by atoms with Gasteiger partial charge in [-0.2, -0.15) is 0 Å². The second kappa shape index (κ2) is 6.24. The van der Waals surface area contributed by atoms with Crippen molar-refractivity contribution in [3.63, 3.8) is 0 Å². The van der Waals surface area contributed by atoms with Crippen molar-refractivity contribution in [1.29, 1.82) is 0 Å². The van der Waals surface area contributed by atoms with Crippen LogP contribution in [0.1, 0.15) is 53.4 Å². The molecule has 1 fully saturated rings. The van der Waals surface area contributed by atoms with Gasteiger partial charge in [-0.3, -0.25) is 0 Å². The van der Waals surface area contributed by atoms with E-state index in [1.165, 1.54) is 0 Å². The molecule has 0 spiro atoms. The van der Waals surface area contributed by atoms with Crippen LogP contribution >= 0.6 is 0 Å². The Labute approximate surface area is 104 Å². The summed E-state index contributed by atoms with van der Waals surface area (Å²) in [7, 11) is 0. The maximum atomic E-state index is 11.6. The van der Waals surface area contributed by atoms with Gasteiger partial charge in [-0.1, -0.05) is 0 Å². The molecule has 1 aliphatic carbocycles. The van der Waals surface area contributed by atoms with Gasteiger partial charge in [0.1, 0.15) is 5.60 Å². The fourth-order valence-corrected chi connectivity index (χ4v) is 2.08. The molecule has 17 heavy (non-hydrogen) atoms. The Morgan fingerprint density at radius 3 is 2.29 bits per heavy atom. The van der Waals surface area contributed by atoms with Crippen LogP contribution < -0.4 is 5.32 Å². The Kier molecular flexibility index (Phi) is 5.25. The van der Waals surface area contributed by atoms with E-state index in [-0.39, 0.29) is 12.1 Å². The van der Waals surface area contributed by atoms with E-state index in [1.807, 2.05) is 27.7 Å². The number of alkyl carbamates (subject to hydrolysis) is 1. The van der Waals surface area contributed by atoms with Crippen molar-refractivity contribution in [3.8, 4) is 0 Å². The minimum absolute atomic E-state index is 0.238. The average molecular weight is 243 g/mol. The van der Waals surface area contributed by atoms with Crippen LogP contribution in [0.4, 0.5) is 4.79 Å². The van der Waals surface area contributed by atoms with Crippen LogP contribution in [0.15, 0.2) is 0 Å². The first-order chi connectivity index (χ1) is 7.90. The molecule has 4 heteroatoms. The normalized spacial score (nSPS) is 25.4. The molecular weight excluding hydrogens is 218 g/mol. The van der Waals surface area contributed by atoms with E-state index in [1.54, 1.807) is 0 Å². The molecule has 1 rings (SSSR count). The molecule has 100 valence electrons. The largest absolute Gasteiger partial charge is 0.444 e. The zero-order valence-corrected chi connectivity index (χ0v) is 11.4. The summed E-state index contributed by atoms with van der Waals surface area (Å²) in [6, 6.07) is 0.238. The highest BCUT2D eigenvalue weighted by Gasteiger charge is 2.24. The molecule has 0 aromatic carbocycles. The lowest BCUT2D eigenvalue weighted by Crippen LogP contribution is -2.41. The van der Waals surface area contributed by atoms with Crippen molar-refractivity contribution in [1.82, 2.24) is 5.32 Å². The van der Waals surface area contributed by atoms with Crippen molar-refractivity contribution in [2.24, 2.45) is 0 Å². The summed E-state index contributed by atoms with van der Waals surface area (Å²) in [6.07, 6.45) is 4.06. The molecule has 4 nitrogen and oxygen atoms in total. The summed E-state index contributed by atoms with van der Waals surface area (Å²) in [5.74, 6) is 0. The van der Waals surface area contributed by atoms with Crippen LogP contribution in [0.5, 0.6) is 0 Å². The lowest BCUT2D eigenvalue weighted by molar-refractivity contribution is 0.0240. The summed E-state index contributed by atoms with van der Waals surface area (Å²) in [6.45, 7) is 8.41. The van der Waals surface area contributed by atoms with Crippen LogP contribution in [0.25, 0.3) is 0 Å². The third kappa shape index (κ3) is 5.91. The standard InChI is InChI=1S/C13H25NO3/c1-5-16-11-8-6-10(7-9-11)14-12(15)17-13(2,3)4/h10-11H,5-9H2,1-4H3,(H,14,15). The lowest BCUT2D eigenvalue weighted by atomic mass is 9.93. The fraction of sp³-hybridized carbons (Fsp3) is 0.923. The highest BCUT2D eigenvalue weighted by atomic mass is 16.6. The molecule has 0 radical (unpaired) electrons. The van der Waals surface area contributed by atoms with Gasteiger partial charge >= 0.3 is 6.09 Å². The SMILES string of the molecule is CCOC1CCC(NC(=O)OC(C)(C)C)CC1. The van der Waals surface area contributed by atoms with Gasteiger partial charge in [-0.15, -0.1) is 0 Å². The molecule has 0 heterocycles. The quantitative estimate of drug-likeness (QED) is 0.829. The Bertz CT molecular complexity index is 240. The van der Waals surface area contributed by atoms with Crippen LogP contribution in [0.3, 0.4) is 0 Å². The molecule has 0 bridgehead atoms. The Hall–Kier alpha value is -0.770. The first-order valence-corrected chi connectivity index (χ1v) is 6.52. The topological polar surface area (TPSA) is 47.6 Å². The minimum atomic E-state index is -0.424. The van der Waals surface area contributed by atoms with Gasteiger partial charge in [-0.05, 0) is 53.4 Å². The van der Waals surface area contributed by atoms with Crippen molar-refractivity contribution in [3.05, 3.63) is 0 Å². The van der Waals surface area contributed by atoms with Gasteiger partial charge in [0.2, 0.25) is 0 Å². The minimum Gasteiger partial charge on any atom is -0.444 e. The summed E-state index contributed by atoms with van der Waals surface area (Å²) in [4.78, 5) is 11.6. The van der Waals surface area contributed by atoms with Gasteiger partial charge in [0.15, 0.2) is 0 Å². The Morgan fingerprint density at radius 1 is 1.24 bits per heavy atom. The van der Waals surface area contributed by atoms with Crippen molar-refractivity contribution in [2.45, 2.75) is 71.1 Å². The van der Waals surface area contributed by atoms with Gasteiger partial charge in [0, 0.05) is 12.6 Å². The first kappa shape index (κ1) is 14.3. The molecule has 0 aromatic heterocycles. The van der Waals surface area contributed by atoms with E-state index >= 15 is 0 Å². The summed E-state index contributed by atoms with van der Waals surface area (Å²) in [5, 5.41) is 2.92. The number of carbonyl (C=O) groups is 1. The third-order valence-electron chi connectivity index (χ3n) is 2.80. The highest BCUT2D eigenvalue weighted by molar-refractivity contribution is 5.68. The van der Waals surface area contributed by atoms with Gasteiger partial charge in [0.25, 0.3) is 0 Å². The highest BCUT2D eigenvalue weighted by Crippen LogP contribution is 2.21. The number of ether oxygens (including phenoxy) is 2. The molecular formula is C13H25NO3. The number of hydrogen-bond acceptors (Lipinski definition) is 3. The van der Waals surface area contributed by atoms with Crippen molar-refractivity contribution in [2.75, 3.05) is 6.61 Å². The maximum Gasteiger partial charge on any atom is 0.407 e. The number of nitrogens with one attached hydrogen (secondary N) is 1. The zero-order chi connectivity index (χ0) is 12.9. The van der Waals surface area contributed by atoms with Crippen LogP contribution in [0.2, 0.25) is 0 Å². The van der Waals surface area contributed by atoms with E-state index in [9.17, 15) is 4.79 Å². The Morgan fingerprint density at radius 2 is 1.82 bits per heavy atom. The molecule has 0 atom stereocenters. The molecule has 0 aliphatic heterocycles. The van der Waals surface area contributed by atoms with Crippen LogP contribution in [0, 0.1) is 0 Å². The summed E-state index contributed by atoms with van der Waals surface area (Å²) in [5.41, 5.74) is -0.424. The Balaban J connectivity index is 2.24. The molecule has 0 aromatic rings. The number of hydrogen-bond donors (Lipinski definition) is 1. The zero-order valence-electron chi connectivity index (χ0n) is 11.4. The monoisotopic (exact) mass is 243 g/mol. The van der Waals surface area contributed by atoms with Gasteiger partial charge < -0.3 is 14.8 Å².